The van der Waals surface area contributed by atoms with Crippen LogP contribution in [0.4, 0.5) is 0 Å². The molecule has 1 N–H and O–H groups in total. The number of carbonyl (C=O) groups is 4. The molecule has 2 aliphatic rings. The van der Waals surface area contributed by atoms with Crippen molar-refractivity contribution in [2.24, 2.45) is 0 Å². The van der Waals surface area contributed by atoms with E-state index in [1.165, 1.54) is 23.8 Å². The number of hydrogen-bond donors (Lipinski definition) is 1. The standard InChI is InChI=1S/C34H34N2O9S/c1-20-29(33(40)45-19-22-11-15-25(42-3)16-12-22)36-30(38)28(31(36)46-34(20)43-4)35-27(37)17-23-7-5-6-8-26(23)32(39)44-18-21-9-13-24(41-2)14-10-21/h5-16,28,31,34H,17-19H2,1-4H3,(H,35,37)/t28-,31-,34-/m0/s1. The predicted molar refractivity (Wildman–Crippen MR) is 169 cm³/mol. The van der Waals surface area contributed by atoms with E-state index in [0.717, 1.165) is 11.1 Å². The molecule has 0 unspecified atom stereocenters. The first-order chi connectivity index (χ1) is 22.2. The fourth-order valence-electron chi connectivity index (χ4n) is 5.15. The highest BCUT2D eigenvalue weighted by molar-refractivity contribution is 8.00. The van der Waals surface area contributed by atoms with Gasteiger partial charge in [0, 0.05) is 7.11 Å². The lowest BCUT2D eigenvalue weighted by molar-refractivity contribution is -0.153. The van der Waals surface area contributed by atoms with Crippen molar-refractivity contribution >= 4 is 35.5 Å². The third kappa shape index (κ3) is 7.03. The molecule has 2 heterocycles. The summed E-state index contributed by atoms with van der Waals surface area (Å²) in [7, 11) is 4.64. The van der Waals surface area contributed by atoms with Crippen molar-refractivity contribution in [1.29, 1.82) is 0 Å². The zero-order valence-electron chi connectivity index (χ0n) is 25.8. The summed E-state index contributed by atoms with van der Waals surface area (Å²) in [6, 6.07) is 20.0. The molecule has 0 aromatic heterocycles. The average molecular weight is 647 g/mol. The van der Waals surface area contributed by atoms with Gasteiger partial charge in [0.05, 0.1) is 26.2 Å². The molecular formula is C34H34N2O9S. The van der Waals surface area contributed by atoms with Crippen LogP contribution in [0.15, 0.2) is 84.1 Å². The van der Waals surface area contributed by atoms with E-state index in [4.69, 9.17) is 23.7 Å². The number of benzene rings is 3. The molecule has 0 saturated carbocycles. The van der Waals surface area contributed by atoms with E-state index in [1.54, 1.807) is 93.9 Å². The number of thioether (sulfide) groups is 1. The molecule has 1 fully saturated rings. The van der Waals surface area contributed by atoms with Crippen molar-refractivity contribution < 1.29 is 42.9 Å². The van der Waals surface area contributed by atoms with Crippen LogP contribution in [0.3, 0.4) is 0 Å². The summed E-state index contributed by atoms with van der Waals surface area (Å²) in [4.78, 5) is 54.1. The van der Waals surface area contributed by atoms with Crippen LogP contribution in [-0.2, 0) is 48.2 Å². The lowest BCUT2D eigenvalue weighted by Gasteiger charge is -2.51. The second kappa shape index (κ2) is 14.5. The van der Waals surface area contributed by atoms with E-state index >= 15 is 0 Å². The van der Waals surface area contributed by atoms with Crippen molar-refractivity contribution in [3.63, 3.8) is 0 Å². The number of hydrogen-bond acceptors (Lipinski definition) is 10. The van der Waals surface area contributed by atoms with Crippen molar-refractivity contribution in [1.82, 2.24) is 10.2 Å². The Bertz CT molecular complexity index is 1640. The highest BCUT2D eigenvalue weighted by Crippen LogP contribution is 2.44. The number of rotatable bonds is 12. The quantitative estimate of drug-likeness (QED) is 0.228. The minimum Gasteiger partial charge on any atom is -0.497 e. The summed E-state index contributed by atoms with van der Waals surface area (Å²) in [5.41, 5.74) is 2.35. The van der Waals surface area contributed by atoms with Crippen LogP contribution >= 0.6 is 11.8 Å². The van der Waals surface area contributed by atoms with E-state index in [0.29, 0.717) is 22.6 Å². The maximum atomic E-state index is 13.3. The van der Waals surface area contributed by atoms with Crippen LogP contribution < -0.4 is 14.8 Å². The van der Waals surface area contributed by atoms with Gasteiger partial charge in [0.15, 0.2) is 0 Å². The molecule has 3 atom stereocenters. The third-order valence-corrected chi connectivity index (χ3v) is 9.20. The molecule has 0 radical (unpaired) electrons. The number of methoxy groups -OCH3 is 3. The van der Waals surface area contributed by atoms with E-state index in [-0.39, 0.29) is 30.9 Å². The number of esters is 2. The average Bonchev–Trinajstić information content (AvgIpc) is 3.09. The smallest absolute Gasteiger partial charge is 0.355 e. The molecule has 0 bridgehead atoms. The Hall–Kier alpha value is -4.81. The van der Waals surface area contributed by atoms with Crippen LogP contribution in [0.2, 0.25) is 0 Å². The van der Waals surface area contributed by atoms with E-state index in [2.05, 4.69) is 5.32 Å². The van der Waals surface area contributed by atoms with Gasteiger partial charge >= 0.3 is 11.9 Å². The maximum Gasteiger partial charge on any atom is 0.355 e. The number of amides is 2. The van der Waals surface area contributed by atoms with E-state index in [1.807, 2.05) is 0 Å². The van der Waals surface area contributed by atoms with Crippen molar-refractivity contribution in [3.05, 3.63) is 106 Å². The van der Waals surface area contributed by atoms with Gasteiger partial charge in [-0.3, -0.25) is 14.5 Å². The summed E-state index contributed by atoms with van der Waals surface area (Å²) in [5, 5.41) is 2.19. The number of ether oxygens (including phenoxy) is 5. The molecule has 1 saturated heterocycles. The molecule has 3 aromatic carbocycles. The zero-order chi connectivity index (χ0) is 32.8. The largest absolute Gasteiger partial charge is 0.497 e. The Morgan fingerprint density at radius 2 is 1.37 bits per heavy atom. The van der Waals surface area contributed by atoms with Gasteiger partial charge in [0.1, 0.15) is 47.3 Å². The molecule has 2 amide bonds. The monoisotopic (exact) mass is 646 g/mol. The highest BCUT2D eigenvalue weighted by Gasteiger charge is 2.56. The Balaban J connectivity index is 1.21. The van der Waals surface area contributed by atoms with E-state index < -0.39 is 40.6 Å². The second-order valence-electron chi connectivity index (χ2n) is 10.6. The molecule has 5 rings (SSSR count). The number of fused-ring (bicyclic) bond motifs is 1. The maximum absolute atomic E-state index is 13.3. The van der Waals surface area contributed by atoms with Gasteiger partial charge in [0.25, 0.3) is 5.91 Å². The lowest BCUT2D eigenvalue weighted by Crippen LogP contribution is -2.71. The minimum absolute atomic E-state index is 0.000793. The summed E-state index contributed by atoms with van der Waals surface area (Å²) in [6.07, 6.45) is -0.158. The lowest BCUT2D eigenvalue weighted by atomic mass is 10.0. The van der Waals surface area contributed by atoms with Gasteiger partial charge in [0.2, 0.25) is 5.91 Å². The fourth-order valence-corrected chi connectivity index (χ4v) is 6.51. The molecule has 0 aliphatic carbocycles. The van der Waals surface area contributed by atoms with Gasteiger partial charge in [-0.15, -0.1) is 0 Å². The van der Waals surface area contributed by atoms with Crippen LogP contribution in [0.1, 0.15) is 34.0 Å². The normalized spacial score (nSPS) is 18.7. The van der Waals surface area contributed by atoms with Crippen molar-refractivity contribution in [2.75, 3.05) is 21.3 Å². The molecular weight excluding hydrogens is 612 g/mol. The summed E-state index contributed by atoms with van der Waals surface area (Å²) in [5.74, 6) is -0.775. The minimum atomic E-state index is -0.901. The summed E-state index contributed by atoms with van der Waals surface area (Å²) in [6.45, 7) is 1.76. The Kier molecular flexibility index (Phi) is 10.3. The first kappa shape index (κ1) is 32.6. The van der Waals surface area contributed by atoms with Gasteiger partial charge in [-0.05, 0) is 59.5 Å². The summed E-state index contributed by atoms with van der Waals surface area (Å²) >= 11 is 1.31. The zero-order valence-corrected chi connectivity index (χ0v) is 26.6. The number of β-lactam (4-membered cyclic amide) rings is 1. The Morgan fingerprint density at radius 1 is 0.804 bits per heavy atom. The van der Waals surface area contributed by atoms with Crippen LogP contribution in [0.25, 0.3) is 0 Å². The first-order valence-electron chi connectivity index (χ1n) is 14.4. The van der Waals surface area contributed by atoms with Gasteiger partial charge in [-0.1, -0.05) is 54.2 Å². The van der Waals surface area contributed by atoms with E-state index in [9.17, 15) is 19.2 Å². The Labute approximate surface area is 270 Å². The van der Waals surface area contributed by atoms with Crippen LogP contribution in [0.5, 0.6) is 11.5 Å². The molecule has 12 heteroatoms. The summed E-state index contributed by atoms with van der Waals surface area (Å²) < 4.78 is 27.0. The number of nitrogens with zero attached hydrogens (tertiary/aromatic N) is 1. The molecule has 3 aromatic rings. The fraction of sp³-hybridized carbons (Fsp3) is 0.294. The van der Waals surface area contributed by atoms with Gasteiger partial charge in [-0.25, -0.2) is 9.59 Å². The van der Waals surface area contributed by atoms with Crippen LogP contribution in [-0.4, -0.2) is 66.8 Å². The van der Waals surface area contributed by atoms with Gasteiger partial charge < -0.3 is 29.0 Å². The van der Waals surface area contributed by atoms with Crippen LogP contribution in [0, 0.1) is 0 Å². The molecule has 240 valence electrons. The molecule has 2 aliphatic heterocycles. The number of carbonyl (C=O) groups excluding carboxylic acids is 4. The van der Waals surface area contributed by atoms with Crippen molar-refractivity contribution in [3.8, 4) is 11.5 Å². The molecule has 11 nitrogen and oxygen atoms in total. The predicted octanol–water partition coefficient (Wildman–Crippen LogP) is 3.99. The highest BCUT2D eigenvalue weighted by atomic mass is 32.2. The molecule has 0 spiro atoms. The third-order valence-electron chi connectivity index (χ3n) is 7.64. The first-order valence-corrected chi connectivity index (χ1v) is 15.4. The number of nitrogens with one attached hydrogen (secondary N) is 1. The molecule has 46 heavy (non-hydrogen) atoms. The van der Waals surface area contributed by atoms with Crippen molar-refractivity contribution in [2.45, 2.75) is 43.4 Å². The SMILES string of the molecule is COc1ccc(COC(=O)C2=C(C)[C@@H](OC)S[C@H]3[C@@H](NC(=O)Cc4ccccc4C(=O)OCc4ccc(OC)cc4)C(=O)N23)cc1. The van der Waals surface area contributed by atoms with Gasteiger partial charge in [-0.2, -0.15) is 0 Å². The second-order valence-corrected chi connectivity index (χ2v) is 11.7. The Morgan fingerprint density at radius 3 is 1.93 bits per heavy atom. The topological polar surface area (TPSA) is 130 Å².